The number of hydrogen-bond acceptors (Lipinski definition) is 5. The lowest BCUT2D eigenvalue weighted by Crippen LogP contribution is -2.47. The Bertz CT molecular complexity index is 803. The molecular weight excluding hydrogens is 338 g/mol. The average molecular weight is 361 g/mol. The van der Waals surface area contributed by atoms with Crippen molar-refractivity contribution >= 4 is 17.8 Å². The van der Waals surface area contributed by atoms with Crippen LogP contribution in [0, 0.1) is 11.3 Å². The van der Waals surface area contributed by atoms with Gasteiger partial charge < -0.3 is 4.90 Å². The van der Waals surface area contributed by atoms with Crippen LogP contribution >= 0.6 is 0 Å². The van der Waals surface area contributed by atoms with Gasteiger partial charge in [0, 0.05) is 44.8 Å². The molecule has 1 saturated heterocycles. The third-order valence-electron chi connectivity index (χ3n) is 4.59. The summed E-state index contributed by atoms with van der Waals surface area (Å²) < 4.78 is 0. The maximum Gasteiger partial charge on any atom is 0.241 e. The summed E-state index contributed by atoms with van der Waals surface area (Å²) in [4.78, 5) is 16.6. The predicted octanol–water partition coefficient (Wildman–Crippen LogP) is 2.22. The van der Waals surface area contributed by atoms with Crippen molar-refractivity contribution < 1.29 is 4.79 Å². The Hall–Kier alpha value is -3.17. The molecule has 1 aliphatic rings. The number of carbonyl (C=O) groups excluding carboxylic acids is 1. The van der Waals surface area contributed by atoms with Crippen LogP contribution in [0.2, 0.25) is 0 Å². The molecule has 1 heterocycles. The third kappa shape index (κ3) is 5.66. The van der Waals surface area contributed by atoms with E-state index in [1.54, 1.807) is 30.5 Å². The molecular formula is C21H23N5O. The van der Waals surface area contributed by atoms with Gasteiger partial charge in [-0.3, -0.25) is 9.69 Å². The summed E-state index contributed by atoms with van der Waals surface area (Å²) in [6.07, 6.45) is 2.01. The number of hydrogen-bond donors (Lipinski definition) is 1. The molecule has 0 atom stereocenters. The van der Waals surface area contributed by atoms with E-state index < -0.39 is 0 Å². The van der Waals surface area contributed by atoms with E-state index in [0.29, 0.717) is 12.0 Å². The number of carbonyl (C=O) groups is 1. The van der Waals surface area contributed by atoms with Gasteiger partial charge >= 0.3 is 0 Å². The first-order chi connectivity index (χ1) is 13.2. The van der Waals surface area contributed by atoms with Gasteiger partial charge in [-0.25, -0.2) is 5.43 Å². The van der Waals surface area contributed by atoms with E-state index in [0.717, 1.165) is 38.3 Å². The predicted molar refractivity (Wildman–Crippen MR) is 107 cm³/mol. The quantitative estimate of drug-likeness (QED) is 0.633. The molecule has 0 saturated carbocycles. The van der Waals surface area contributed by atoms with Gasteiger partial charge in [-0.05, 0) is 29.8 Å². The van der Waals surface area contributed by atoms with Gasteiger partial charge in [0.1, 0.15) is 0 Å². The monoisotopic (exact) mass is 361 g/mol. The van der Waals surface area contributed by atoms with Gasteiger partial charge in [-0.2, -0.15) is 10.4 Å². The number of para-hydroxylation sites is 1. The molecule has 0 bridgehead atoms. The van der Waals surface area contributed by atoms with E-state index in [-0.39, 0.29) is 5.91 Å². The minimum absolute atomic E-state index is 0.0922. The highest BCUT2D eigenvalue weighted by molar-refractivity contribution is 5.82. The molecule has 6 nitrogen and oxygen atoms in total. The number of amides is 1. The number of rotatable bonds is 6. The molecule has 138 valence electrons. The van der Waals surface area contributed by atoms with E-state index >= 15 is 0 Å². The Morgan fingerprint density at radius 1 is 1.07 bits per heavy atom. The summed E-state index contributed by atoms with van der Waals surface area (Å²) in [5.41, 5.74) is 5.26. The minimum atomic E-state index is -0.0922. The van der Waals surface area contributed by atoms with Gasteiger partial charge in [-0.15, -0.1) is 0 Å². The topological polar surface area (TPSA) is 71.7 Å². The zero-order valence-electron chi connectivity index (χ0n) is 15.2. The Morgan fingerprint density at radius 3 is 2.44 bits per heavy atom. The highest BCUT2D eigenvalue weighted by Crippen LogP contribution is 2.15. The Balaban J connectivity index is 1.36. The summed E-state index contributed by atoms with van der Waals surface area (Å²) in [7, 11) is 0. The SMILES string of the molecule is N#Cc1ccc(/C=N\NC(=O)CCN2CCN(c3ccccc3)CC2)cc1. The Labute approximate surface area is 159 Å². The van der Waals surface area contributed by atoms with Crippen molar-refractivity contribution in [1.82, 2.24) is 10.3 Å². The standard InChI is InChI=1S/C21H23N5O/c22-16-18-6-8-19(9-7-18)17-23-24-21(27)10-11-25-12-14-26(15-13-25)20-4-2-1-3-5-20/h1-9,17H,10-15H2,(H,24,27)/b23-17-. The molecule has 1 aliphatic heterocycles. The second-order valence-corrected chi connectivity index (χ2v) is 6.44. The van der Waals surface area contributed by atoms with Crippen molar-refractivity contribution in [3.05, 3.63) is 65.7 Å². The first-order valence-electron chi connectivity index (χ1n) is 9.09. The number of hydrazone groups is 1. The van der Waals surface area contributed by atoms with Crippen molar-refractivity contribution in [2.75, 3.05) is 37.6 Å². The highest BCUT2D eigenvalue weighted by atomic mass is 16.2. The molecule has 3 rings (SSSR count). The summed E-state index contributed by atoms with van der Waals surface area (Å²) in [5, 5.41) is 12.7. The lowest BCUT2D eigenvalue weighted by molar-refractivity contribution is -0.121. The van der Waals surface area contributed by atoms with Crippen LogP contribution in [0.25, 0.3) is 0 Å². The lowest BCUT2D eigenvalue weighted by atomic mass is 10.2. The number of nitrogens with zero attached hydrogens (tertiary/aromatic N) is 4. The molecule has 2 aromatic carbocycles. The summed E-state index contributed by atoms with van der Waals surface area (Å²) in [5.74, 6) is -0.0922. The highest BCUT2D eigenvalue weighted by Gasteiger charge is 2.17. The second-order valence-electron chi connectivity index (χ2n) is 6.44. The maximum atomic E-state index is 12.0. The van der Waals surface area contributed by atoms with E-state index in [1.807, 2.05) is 6.07 Å². The van der Waals surface area contributed by atoms with E-state index in [2.05, 4.69) is 50.7 Å². The van der Waals surface area contributed by atoms with E-state index in [1.165, 1.54) is 5.69 Å². The molecule has 1 N–H and O–H groups in total. The zero-order valence-corrected chi connectivity index (χ0v) is 15.2. The van der Waals surface area contributed by atoms with Crippen LogP contribution in [0.4, 0.5) is 5.69 Å². The fourth-order valence-corrected chi connectivity index (χ4v) is 3.01. The number of nitrogens with one attached hydrogen (secondary N) is 1. The molecule has 0 radical (unpaired) electrons. The third-order valence-corrected chi connectivity index (χ3v) is 4.59. The Kier molecular flexibility index (Phi) is 6.55. The largest absolute Gasteiger partial charge is 0.369 e. The maximum absolute atomic E-state index is 12.0. The van der Waals surface area contributed by atoms with Gasteiger partial charge in [0.05, 0.1) is 17.8 Å². The van der Waals surface area contributed by atoms with Gasteiger partial charge in [0.25, 0.3) is 0 Å². The summed E-state index contributed by atoms with van der Waals surface area (Å²) in [6, 6.07) is 19.5. The molecule has 1 fully saturated rings. The fourth-order valence-electron chi connectivity index (χ4n) is 3.01. The molecule has 0 aliphatic carbocycles. The van der Waals surface area contributed by atoms with E-state index in [4.69, 9.17) is 5.26 Å². The van der Waals surface area contributed by atoms with Crippen LogP contribution in [0.1, 0.15) is 17.5 Å². The normalized spacial score (nSPS) is 14.9. The van der Waals surface area contributed by atoms with Gasteiger partial charge in [0.2, 0.25) is 5.91 Å². The average Bonchev–Trinajstić information content (AvgIpc) is 2.74. The van der Waals surface area contributed by atoms with Crippen LogP contribution in [-0.2, 0) is 4.79 Å². The van der Waals surface area contributed by atoms with Gasteiger partial charge in [0.15, 0.2) is 0 Å². The van der Waals surface area contributed by atoms with Gasteiger partial charge in [-0.1, -0.05) is 30.3 Å². The minimum Gasteiger partial charge on any atom is -0.369 e. The first-order valence-corrected chi connectivity index (χ1v) is 9.09. The molecule has 6 heteroatoms. The van der Waals surface area contributed by atoms with Crippen LogP contribution in [0.5, 0.6) is 0 Å². The smallest absolute Gasteiger partial charge is 0.241 e. The van der Waals surface area contributed by atoms with Crippen LogP contribution in [0.3, 0.4) is 0 Å². The van der Waals surface area contributed by atoms with Crippen molar-refractivity contribution in [2.45, 2.75) is 6.42 Å². The van der Waals surface area contributed by atoms with Crippen molar-refractivity contribution in [1.29, 1.82) is 5.26 Å². The first kappa shape index (κ1) is 18.6. The van der Waals surface area contributed by atoms with Crippen molar-refractivity contribution in [3.8, 4) is 6.07 Å². The number of benzene rings is 2. The number of anilines is 1. The molecule has 27 heavy (non-hydrogen) atoms. The van der Waals surface area contributed by atoms with Crippen LogP contribution in [0.15, 0.2) is 59.7 Å². The number of piperazine rings is 1. The lowest BCUT2D eigenvalue weighted by Gasteiger charge is -2.36. The molecule has 0 spiro atoms. The summed E-state index contributed by atoms with van der Waals surface area (Å²) in [6.45, 7) is 4.60. The molecule has 1 amide bonds. The Morgan fingerprint density at radius 2 is 1.78 bits per heavy atom. The number of nitriles is 1. The van der Waals surface area contributed by atoms with Crippen molar-refractivity contribution in [2.24, 2.45) is 5.10 Å². The molecule has 0 unspecified atom stereocenters. The fraction of sp³-hybridized carbons (Fsp3) is 0.286. The van der Waals surface area contributed by atoms with Crippen LogP contribution < -0.4 is 10.3 Å². The second kappa shape index (κ2) is 9.51. The molecule has 0 aromatic heterocycles. The van der Waals surface area contributed by atoms with Crippen LogP contribution in [-0.4, -0.2) is 49.7 Å². The van der Waals surface area contributed by atoms with E-state index in [9.17, 15) is 4.79 Å². The molecule has 2 aromatic rings. The summed E-state index contributed by atoms with van der Waals surface area (Å²) >= 11 is 0. The zero-order chi connectivity index (χ0) is 18.9. The van der Waals surface area contributed by atoms with Crippen molar-refractivity contribution in [3.63, 3.8) is 0 Å².